The maximum atomic E-state index is 12.6. The van der Waals surface area contributed by atoms with Crippen LogP contribution in [0, 0.1) is 10.1 Å². The molecule has 35 heavy (non-hydrogen) atoms. The monoisotopic (exact) mass is 528 g/mol. The van der Waals surface area contributed by atoms with Crippen molar-refractivity contribution < 1.29 is 22.3 Å². The molecule has 0 aliphatic heterocycles. The minimum absolute atomic E-state index is 0.0650. The van der Waals surface area contributed by atoms with Crippen molar-refractivity contribution >= 4 is 61.2 Å². The summed E-state index contributed by atoms with van der Waals surface area (Å²) in [5, 5.41) is 15.0. The van der Waals surface area contributed by atoms with Crippen molar-refractivity contribution in [3.05, 3.63) is 88.5 Å². The van der Waals surface area contributed by atoms with E-state index >= 15 is 0 Å². The Hall–Kier alpha value is -3.81. The Morgan fingerprint density at radius 2 is 1.91 bits per heavy atom. The second-order valence-corrected chi connectivity index (χ2v) is 10.6. The molecule has 1 aromatic heterocycles. The zero-order valence-electron chi connectivity index (χ0n) is 17.7. The summed E-state index contributed by atoms with van der Waals surface area (Å²) in [6.07, 6.45) is 1.32. The largest absolute Gasteiger partial charge is 0.379 e. The first-order valence-corrected chi connectivity index (χ1v) is 13.1. The van der Waals surface area contributed by atoms with E-state index < -0.39 is 25.6 Å². The predicted octanol–water partition coefficient (Wildman–Crippen LogP) is 4.21. The number of rotatable bonds is 9. The molecule has 13 heteroatoms. The number of nitrogens with one attached hydrogen (secondary N) is 1. The molecule has 1 amide bonds. The van der Waals surface area contributed by atoms with Gasteiger partial charge in [-0.15, -0.1) is 11.3 Å². The number of para-hydroxylation sites is 2. The molecule has 0 unspecified atom stereocenters. The molecule has 4 aromatic rings. The second kappa shape index (κ2) is 10.6. The molecule has 1 N–H and O–H groups in total. The average molecular weight is 529 g/mol. The van der Waals surface area contributed by atoms with Crippen molar-refractivity contribution in [2.24, 2.45) is 5.10 Å². The van der Waals surface area contributed by atoms with Crippen LogP contribution in [0.15, 0.2) is 87.1 Å². The number of carbonyl (C=O) groups excluding carboxylic acids is 1. The van der Waals surface area contributed by atoms with E-state index in [1.165, 1.54) is 59.6 Å². The third kappa shape index (κ3) is 6.20. The Labute approximate surface area is 207 Å². The number of nitro benzene ring substituents is 1. The van der Waals surface area contributed by atoms with E-state index in [1.807, 2.05) is 24.3 Å². The number of amides is 1. The lowest BCUT2D eigenvalue weighted by molar-refractivity contribution is -0.387. The van der Waals surface area contributed by atoms with Crippen molar-refractivity contribution in [1.82, 2.24) is 10.4 Å². The van der Waals surface area contributed by atoms with Gasteiger partial charge in [-0.05, 0) is 35.9 Å². The van der Waals surface area contributed by atoms with Gasteiger partial charge < -0.3 is 4.18 Å². The predicted molar refractivity (Wildman–Crippen MR) is 133 cm³/mol. The molecule has 0 fully saturated rings. The fourth-order valence-corrected chi connectivity index (χ4v) is 5.84. The van der Waals surface area contributed by atoms with Gasteiger partial charge >= 0.3 is 10.1 Å². The first-order chi connectivity index (χ1) is 16.8. The lowest BCUT2D eigenvalue weighted by atomic mass is 10.2. The molecule has 1 heterocycles. The van der Waals surface area contributed by atoms with Crippen LogP contribution >= 0.6 is 23.1 Å². The summed E-state index contributed by atoms with van der Waals surface area (Å²) in [7, 11) is -4.45. The van der Waals surface area contributed by atoms with E-state index in [9.17, 15) is 23.3 Å². The summed E-state index contributed by atoms with van der Waals surface area (Å²) in [4.78, 5) is 26.3. The second-order valence-electron chi connectivity index (χ2n) is 6.86. The summed E-state index contributed by atoms with van der Waals surface area (Å²) in [6.45, 7) is 0. The minimum Gasteiger partial charge on any atom is -0.379 e. The minimum atomic E-state index is -4.45. The highest BCUT2D eigenvalue weighted by Crippen LogP contribution is 2.29. The normalized spacial score (nSPS) is 11.5. The molecule has 0 saturated carbocycles. The Balaban J connectivity index is 1.36. The number of hydrogen-bond donors (Lipinski definition) is 1. The fraction of sp³-hybridized carbons (Fsp3) is 0.0455. The van der Waals surface area contributed by atoms with Gasteiger partial charge in [0.15, 0.2) is 9.24 Å². The Bertz CT molecular complexity index is 1500. The van der Waals surface area contributed by atoms with Crippen LogP contribution in [0.1, 0.15) is 5.56 Å². The summed E-state index contributed by atoms with van der Waals surface area (Å²) in [5.41, 5.74) is 3.14. The van der Waals surface area contributed by atoms with E-state index in [1.54, 1.807) is 6.07 Å². The molecule has 0 saturated heterocycles. The fourth-order valence-electron chi connectivity index (χ4n) is 2.89. The third-order valence-electron chi connectivity index (χ3n) is 4.40. The van der Waals surface area contributed by atoms with Crippen LogP contribution in [-0.2, 0) is 14.9 Å². The van der Waals surface area contributed by atoms with Gasteiger partial charge in [0.1, 0.15) is 5.75 Å². The number of nitro groups is 1. The first kappa shape index (κ1) is 24.3. The zero-order chi connectivity index (χ0) is 24.8. The van der Waals surface area contributed by atoms with Crippen LogP contribution in [0.2, 0.25) is 0 Å². The van der Waals surface area contributed by atoms with E-state index in [0.29, 0.717) is 5.56 Å². The molecule has 0 spiro atoms. The lowest BCUT2D eigenvalue weighted by Crippen LogP contribution is -2.19. The van der Waals surface area contributed by atoms with Gasteiger partial charge in [-0.1, -0.05) is 48.2 Å². The SMILES string of the molecule is O=C(CSc1nc2ccccc2s1)N/N=C\c1cccc(OS(=O)(=O)c2ccccc2[N+](=O)[O-])c1. The van der Waals surface area contributed by atoms with Crippen LogP contribution in [0.3, 0.4) is 0 Å². The molecule has 0 aliphatic rings. The van der Waals surface area contributed by atoms with Crippen molar-refractivity contribution in [2.75, 3.05) is 5.75 Å². The highest BCUT2D eigenvalue weighted by molar-refractivity contribution is 8.01. The summed E-state index contributed by atoms with van der Waals surface area (Å²) < 4.78 is 32.0. The maximum absolute atomic E-state index is 12.6. The van der Waals surface area contributed by atoms with Gasteiger partial charge in [-0.2, -0.15) is 13.5 Å². The summed E-state index contributed by atoms with van der Waals surface area (Å²) in [5.74, 6) is -0.282. The highest BCUT2D eigenvalue weighted by atomic mass is 32.2. The molecule has 0 bridgehead atoms. The number of carbonyl (C=O) groups is 1. The van der Waals surface area contributed by atoms with Gasteiger partial charge in [-0.25, -0.2) is 10.4 Å². The van der Waals surface area contributed by atoms with Crippen LogP contribution in [-0.4, -0.2) is 36.2 Å². The Morgan fingerprint density at radius 3 is 2.71 bits per heavy atom. The van der Waals surface area contributed by atoms with Gasteiger partial charge in [0, 0.05) is 6.07 Å². The van der Waals surface area contributed by atoms with Gasteiger partial charge in [-0.3, -0.25) is 14.9 Å². The Morgan fingerprint density at radius 1 is 1.14 bits per heavy atom. The molecule has 0 aliphatic carbocycles. The maximum Gasteiger partial charge on any atom is 0.346 e. The van der Waals surface area contributed by atoms with Crippen molar-refractivity contribution in [2.45, 2.75) is 9.24 Å². The standard InChI is InChI=1S/C22H16N4O6S3/c27-21(14-33-22-24-17-8-1-3-10-19(17)34-22)25-23-13-15-6-5-7-16(12-15)32-35(30,31)20-11-4-2-9-18(20)26(28)29/h1-13H,14H2,(H,25,27)/b23-13-. The number of thiazole rings is 1. The molecule has 10 nitrogen and oxygen atoms in total. The number of nitrogens with zero attached hydrogens (tertiary/aromatic N) is 3. The number of hydrazone groups is 1. The van der Waals surface area contributed by atoms with Gasteiger partial charge in [0.2, 0.25) is 0 Å². The molecule has 0 radical (unpaired) electrons. The van der Waals surface area contributed by atoms with E-state index in [4.69, 9.17) is 4.18 Å². The molecule has 4 rings (SSSR count). The summed E-state index contributed by atoms with van der Waals surface area (Å²) in [6, 6.07) is 18.5. The Kier molecular flexibility index (Phi) is 7.39. The number of benzene rings is 3. The molecular formula is C22H16N4O6S3. The van der Waals surface area contributed by atoms with Crippen molar-refractivity contribution in [1.29, 1.82) is 0 Å². The van der Waals surface area contributed by atoms with Crippen LogP contribution in [0.5, 0.6) is 5.75 Å². The van der Waals surface area contributed by atoms with Crippen molar-refractivity contribution in [3.8, 4) is 5.75 Å². The number of thioether (sulfide) groups is 1. The topological polar surface area (TPSA) is 141 Å². The number of aromatic nitrogens is 1. The average Bonchev–Trinajstić information content (AvgIpc) is 3.26. The van der Waals surface area contributed by atoms with E-state index in [2.05, 4.69) is 15.5 Å². The smallest absolute Gasteiger partial charge is 0.346 e. The third-order valence-corrected chi connectivity index (χ3v) is 7.87. The first-order valence-electron chi connectivity index (χ1n) is 9.90. The molecule has 0 atom stereocenters. The molecule has 178 valence electrons. The highest BCUT2D eigenvalue weighted by Gasteiger charge is 2.27. The number of fused-ring (bicyclic) bond motifs is 1. The van der Waals surface area contributed by atoms with E-state index in [-0.39, 0.29) is 17.4 Å². The zero-order valence-corrected chi connectivity index (χ0v) is 20.2. The van der Waals surface area contributed by atoms with Crippen LogP contribution in [0.25, 0.3) is 10.2 Å². The van der Waals surface area contributed by atoms with E-state index in [0.717, 1.165) is 26.7 Å². The number of hydrogen-bond acceptors (Lipinski definition) is 10. The quantitative estimate of drug-likeness (QED) is 0.112. The lowest BCUT2D eigenvalue weighted by Gasteiger charge is -2.08. The van der Waals surface area contributed by atoms with Gasteiger partial charge in [0.05, 0.1) is 27.1 Å². The molecular weight excluding hydrogens is 512 g/mol. The molecule has 3 aromatic carbocycles. The van der Waals surface area contributed by atoms with Crippen molar-refractivity contribution in [3.63, 3.8) is 0 Å². The summed E-state index contributed by atoms with van der Waals surface area (Å²) >= 11 is 2.80. The van der Waals surface area contributed by atoms with Crippen LogP contribution < -0.4 is 9.61 Å². The van der Waals surface area contributed by atoms with Crippen LogP contribution in [0.4, 0.5) is 5.69 Å². The van der Waals surface area contributed by atoms with Gasteiger partial charge in [0.25, 0.3) is 11.6 Å².